The molecular weight excluding hydrogens is 334 g/mol. The molecule has 0 radical (unpaired) electrons. The Bertz CT molecular complexity index is 959. The number of ether oxygens (including phenoxy) is 1. The van der Waals surface area contributed by atoms with Gasteiger partial charge in [0.2, 0.25) is 5.91 Å². The SMILES string of the molecule is Cc1ccc2c(c1C)C(=O)OC/C2=C\C(=O)Nc1ccccc1C(=O)O. The van der Waals surface area contributed by atoms with Crippen LogP contribution in [0.1, 0.15) is 37.4 Å². The van der Waals surface area contributed by atoms with Gasteiger partial charge >= 0.3 is 11.9 Å². The Kier molecular flexibility index (Phi) is 4.58. The van der Waals surface area contributed by atoms with E-state index in [1.54, 1.807) is 18.2 Å². The van der Waals surface area contributed by atoms with Gasteiger partial charge in [-0.1, -0.05) is 24.3 Å². The first-order valence-corrected chi connectivity index (χ1v) is 8.00. The lowest BCUT2D eigenvalue weighted by atomic mass is 9.91. The van der Waals surface area contributed by atoms with E-state index >= 15 is 0 Å². The van der Waals surface area contributed by atoms with Crippen LogP contribution in [0.3, 0.4) is 0 Å². The Morgan fingerprint density at radius 1 is 1.15 bits per heavy atom. The van der Waals surface area contributed by atoms with Crippen LogP contribution in [-0.2, 0) is 9.53 Å². The van der Waals surface area contributed by atoms with E-state index in [4.69, 9.17) is 4.74 Å². The van der Waals surface area contributed by atoms with Crippen molar-refractivity contribution >= 4 is 29.1 Å². The number of carboxylic acid groups (broad SMARTS) is 1. The van der Waals surface area contributed by atoms with Gasteiger partial charge in [0.25, 0.3) is 0 Å². The maximum absolute atomic E-state index is 12.4. The number of hydrogen-bond donors (Lipinski definition) is 2. The predicted molar refractivity (Wildman–Crippen MR) is 96.2 cm³/mol. The molecule has 2 aromatic rings. The number of cyclic esters (lactones) is 1. The van der Waals surface area contributed by atoms with E-state index in [1.807, 2.05) is 19.9 Å². The van der Waals surface area contributed by atoms with Crippen LogP contribution in [0.2, 0.25) is 0 Å². The second kappa shape index (κ2) is 6.84. The van der Waals surface area contributed by atoms with Crippen molar-refractivity contribution in [2.45, 2.75) is 13.8 Å². The minimum atomic E-state index is -1.13. The Labute approximate surface area is 150 Å². The zero-order chi connectivity index (χ0) is 18.8. The molecular formula is C20H17NO5. The molecule has 0 aliphatic carbocycles. The first kappa shape index (κ1) is 17.4. The molecule has 0 saturated carbocycles. The summed E-state index contributed by atoms with van der Waals surface area (Å²) in [7, 11) is 0. The Balaban J connectivity index is 1.94. The Hall–Kier alpha value is -3.41. The summed E-state index contributed by atoms with van der Waals surface area (Å²) in [6.45, 7) is 3.72. The number of anilines is 1. The lowest BCUT2D eigenvalue weighted by Gasteiger charge is -2.21. The number of fused-ring (bicyclic) bond motifs is 1. The number of rotatable bonds is 3. The van der Waals surface area contributed by atoms with Gasteiger partial charge in [0.1, 0.15) is 6.61 Å². The summed E-state index contributed by atoms with van der Waals surface area (Å²) in [6.07, 6.45) is 1.33. The largest absolute Gasteiger partial charge is 0.478 e. The molecule has 2 N–H and O–H groups in total. The molecule has 2 aromatic carbocycles. The number of aromatic carboxylic acids is 1. The Morgan fingerprint density at radius 2 is 1.88 bits per heavy atom. The molecule has 0 unspecified atom stereocenters. The highest BCUT2D eigenvalue weighted by atomic mass is 16.5. The van der Waals surface area contributed by atoms with Gasteiger partial charge in [0, 0.05) is 11.6 Å². The lowest BCUT2D eigenvalue weighted by molar-refractivity contribution is -0.111. The molecule has 0 spiro atoms. The van der Waals surface area contributed by atoms with E-state index in [0.717, 1.165) is 11.1 Å². The number of carbonyl (C=O) groups excluding carboxylic acids is 2. The molecule has 1 aliphatic heterocycles. The molecule has 0 saturated heterocycles. The van der Waals surface area contributed by atoms with E-state index < -0.39 is 17.8 Å². The third-order valence-corrected chi connectivity index (χ3v) is 4.37. The van der Waals surface area contributed by atoms with Gasteiger partial charge in [-0.05, 0) is 42.7 Å². The average molecular weight is 351 g/mol. The smallest absolute Gasteiger partial charge is 0.339 e. The molecule has 132 valence electrons. The monoisotopic (exact) mass is 351 g/mol. The van der Waals surface area contributed by atoms with E-state index in [9.17, 15) is 19.5 Å². The van der Waals surface area contributed by atoms with Gasteiger partial charge in [-0.2, -0.15) is 0 Å². The summed E-state index contributed by atoms with van der Waals surface area (Å²) in [5.74, 6) is -2.03. The summed E-state index contributed by atoms with van der Waals surface area (Å²) >= 11 is 0. The van der Waals surface area contributed by atoms with Crippen molar-refractivity contribution in [3.05, 3.63) is 70.3 Å². The van der Waals surface area contributed by atoms with E-state index in [2.05, 4.69) is 5.32 Å². The molecule has 0 aromatic heterocycles. The van der Waals surface area contributed by atoms with Gasteiger partial charge in [0.05, 0.1) is 16.8 Å². The second-order valence-corrected chi connectivity index (χ2v) is 6.02. The normalized spacial score (nSPS) is 14.5. The second-order valence-electron chi connectivity index (χ2n) is 6.02. The number of aryl methyl sites for hydroxylation is 1. The molecule has 6 heteroatoms. The quantitative estimate of drug-likeness (QED) is 0.654. The molecule has 0 bridgehead atoms. The topological polar surface area (TPSA) is 92.7 Å². The van der Waals surface area contributed by atoms with E-state index in [-0.39, 0.29) is 17.9 Å². The molecule has 3 rings (SSSR count). The number of carbonyl (C=O) groups is 3. The van der Waals surface area contributed by atoms with E-state index in [0.29, 0.717) is 16.7 Å². The summed E-state index contributed by atoms with van der Waals surface area (Å²) in [6, 6.07) is 9.83. The van der Waals surface area contributed by atoms with Crippen LogP contribution in [0.4, 0.5) is 5.69 Å². The number of para-hydroxylation sites is 1. The maximum Gasteiger partial charge on any atom is 0.339 e. The fourth-order valence-electron chi connectivity index (χ4n) is 2.86. The Morgan fingerprint density at radius 3 is 2.62 bits per heavy atom. The summed E-state index contributed by atoms with van der Waals surface area (Å²) in [5, 5.41) is 11.8. The highest BCUT2D eigenvalue weighted by molar-refractivity contribution is 6.09. The maximum atomic E-state index is 12.4. The molecule has 6 nitrogen and oxygen atoms in total. The first-order chi connectivity index (χ1) is 12.4. The van der Waals surface area contributed by atoms with Crippen LogP contribution in [-0.4, -0.2) is 29.6 Å². The standard InChI is InChI=1S/C20H17NO5/c1-11-7-8-14-13(10-26-20(25)18(14)12(11)2)9-17(22)21-16-6-4-3-5-15(16)19(23)24/h3-9H,10H2,1-2H3,(H,21,22)(H,23,24)/b13-9+. The van der Waals surface area contributed by atoms with Crippen molar-refractivity contribution in [3.8, 4) is 0 Å². The average Bonchev–Trinajstić information content (AvgIpc) is 2.60. The fourth-order valence-corrected chi connectivity index (χ4v) is 2.86. The molecule has 0 fully saturated rings. The zero-order valence-electron chi connectivity index (χ0n) is 14.3. The third kappa shape index (κ3) is 3.21. The van der Waals surface area contributed by atoms with Gasteiger partial charge < -0.3 is 15.2 Å². The van der Waals surface area contributed by atoms with Crippen molar-refractivity contribution in [2.24, 2.45) is 0 Å². The number of benzene rings is 2. The number of amides is 1. The summed E-state index contributed by atoms with van der Waals surface area (Å²) in [4.78, 5) is 35.7. The van der Waals surface area contributed by atoms with Crippen LogP contribution in [0.15, 0.2) is 42.5 Å². The van der Waals surface area contributed by atoms with Crippen LogP contribution in [0, 0.1) is 13.8 Å². The van der Waals surface area contributed by atoms with Gasteiger partial charge in [-0.3, -0.25) is 4.79 Å². The molecule has 1 heterocycles. The summed E-state index contributed by atoms with van der Waals surface area (Å²) in [5.41, 5.74) is 3.66. The van der Waals surface area contributed by atoms with Crippen molar-refractivity contribution in [2.75, 3.05) is 11.9 Å². The molecule has 26 heavy (non-hydrogen) atoms. The van der Waals surface area contributed by atoms with Gasteiger partial charge in [-0.15, -0.1) is 0 Å². The van der Waals surface area contributed by atoms with Crippen LogP contribution < -0.4 is 5.32 Å². The number of nitrogens with one attached hydrogen (secondary N) is 1. The number of esters is 1. The summed E-state index contributed by atoms with van der Waals surface area (Å²) < 4.78 is 5.18. The predicted octanol–water partition coefficient (Wildman–Crippen LogP) is 3.19. The first-order valence-electron chi connectivity index (χ1n) is 8.00. The minimum Gasteiger partial charge on any atom is -0.478 e. The van der Waals surface area contributed by atoms with Crippen LogP contribution >= 0.6 is 0 Å². The van der Waals surface area contributed by atoms with Gasteiger partial charge in [0.15, 0.2) is 0 Å². The van der Waals surface area contributed by atoms with Gasteiger partial charge in [-0.25, -0.2) is 9.59 Å². The lowest BCUT2D eigenvalue weighted by Crippen LogP contribution is -2.20. The fraction of sp³-hybridized carbons (Fsp3) is 0.150. The van der Waals surface area contributed by atoms with E-state index in [1.165, 1.54) is 18.2 Å². The highest BCUT2D eigenvalue weighted by Crippen LogP contribution is 2.30. The highest BCUT2D eigenvalue weighted by Gasteiger charge is 2.25. The molecule has 1 aliphatic rings. The zero-order valence-corrected chi connectivity index (χ0v) is 14.3. The van der Waals surface area contributed by atoms with Crippen LogP contribution in [0.5, 0.6) is 0 Å². The molecule has 0 atom stereocenters. The third-order valence-electron chi connectivity index (χ3n) is 4.37. The van der Waals surface area contributed by atoms with Crippen LogP contribution in [0.25, 0.3) is 5.57 Å². The van der Waals surface area contributed by atoms with Crippen molar-refractivity contribution in [1.29, 1.82) is 0 Å². The molecule has 1 amide bonds. The minimum absolute atomic E-state index is 0.00110. The van der Waals surface area contributed by atoms with Crippen molar-refractivity contribution in [1.82, 2.24) is 0 Å². The number of hydrogen-bond acceptors (Lipinski definition) is 4. The number of carboxylic acids is 1. The van der Waals surface area contributed by atoms with Crippen molar-refractivity contribution < 1.29 is 24.2 Å². The van der Waals surface area contributed by atoms with Crippen molar-refractivity contribution in [3.63, 3.8) is 0 Å².